The molecular weight excluding hydrogens is 460 g/mol. The number of methoxy groups -OCH3 is 2. The molecule has 3 aromatic rings. The number of rotatable bonds is 11. The van der Waals surface area contributed by atoms with Crippen molar-refractivity contribution >= 4 is 10.9 Å². The van der Waals surface area contributed by atoms with Gasteiger partial charge in [0.2, 0.25) is 0 Å². The molecule has 3 aliphatic heterocycles. The van der Waals surface area contributed by atoms with Crippen molar-refractivity contribution in [1.82, 2.24) is 9.88 Å². The highest BCUT2D eigenvalue weighted by Gasteiger charge is 2.44. The van der Waals surface area contributed by atoms with Gasteiger partial charge in [0.1, 0.15) is 11.5 Å². The monoisotopic (exact) mass is 500 g/mol. The number of benzene rings is 2. The molecule has 3 unspecified atom stereocenters. The second-order valence-corrected chi connectivity index (χ2v) is 10.5. The standard InChI is InChI=1S/C32H40N2O3/c1-5-7-10-24-18-28(27-19-25(36-4)13-14-29(27)33-24)32(26-11-8-9-12-31(26)37-21-35-3)30-17-23-15-16-34(30)20-22(23)6-2/h6,8-9,11-14,18-19,22-23,30,32H,2,5,7,10,15-17,20-21H2,1,3-4H3/t22?,23?,30-,32-/m0/s1. The quantitative estimate of drug-likeness (QED) is 0.219. The zero-order chi connectivity index (χ0) is 25.8. The number of fused-ring (bicyclic) bond motifs is 4. The number of aryl methyl sites for hydroxylation is 1. The van der Waals surface area contributed by atoms with E-state index in [1.165, 1.54) is 17.5 Å². The van der Waals surface area contributed by atoms with Crippen LogP contribution in [-0.4, -0.2) is 50.0 Å². The second kappa shape index (κ2) is 11.7. The maximum Gasteiger partial charge on any atom is 0.188 e. The van der Waals surface area contributed by atoms with Crippen LogP contribution < -0.4 is 9.47 Å². The van der Waals surface area contributed by atoms with Crippen LogP contribution in [0.15, 0.2) is 61.2 Å². The average molecular weight is 501 g/mol. The Kier molecular flexibility index (Phi) is 8.11. The fourth-order valence-electron chi connectivity index (χ4n) is 6.46. The van der Waals surface area contributed by atoms with Crippen molar-refractivity contribution in [2.75, 3.05) is 34.1 Å². The van der Waals surface area contributed by atoms with E-state index >= 15 is 0 Å². The van der Waals surface area contributed by atoms with Gasteiger partial charge in [0.25, 0.3) is 0 Å². The molecule has 196 valence electrons. The number of nitrogens with zero attached hydrogens (tertiary/aromatic N) is 2. The summed E-state index contributed by atoms with van der Waals surface area (Å²) in [5.74, 6) is 3.13. The molecule has 2 bridgehead atoms. The predicted octanol–water partition coefficient (Wildman–Crippen LogP) is 6.60. The molecule has 3 aliphatic rings. The zero-order valence-corrected chi connectivity index (χ0v) is 22.5. The number of hydrogen-bond acceptors (Lipinski definition) is 5. The molecule has 37 heavy (non-hydrogen) atoms. The molecule has 0 amide bonds. The first-order chi connectivity index (χ1) is 18.2. The predicted molar refractivity (Wildman–Crippen MR) is 149 cm³/mol. The Bertz CT molecular complexity index is 1230. The molecule has 3 saturated heterocycles. The lowest BCUT2D eigenvalue weighted by Crippen LogP contribution is -2.55. The molecule has 0 spiro atoms. The Morgan fingerprint density at radius 1 is 1.14 bits per heavy atom. The fraction of sp³-hybridized carbons (Fsp3) is 0.469. The van der Waals surface area contributed by atoms with Gasteiger partial charge in [-0.25, -0.2) is 0 Å². The van der Waals surface area contributed by atoms with Crippen LogP contribution in [0.25, 0.3) is 10.9 Å². The number of piperidine rings is 3. The van der Waals surface area contributed by atoms with E-state index in [9.17, 15) is 0 Å². The van der Waals surface area contributed by atoms with Crippen molar-refractivity contribution in [2.45, 2.75) is 51.0 Å². The van der Waals surface area contributed by atoms with Gasteiger partial charge in [-0.2, -0.15) is 0 Å². The highest BCUT2D eigenvalue weighted by atomic mass is 16.7. The first-order valence-electron chi connectivity index (χ1n) is 13.7. The summed E-state index contributed by atoms with van der Waals surface area (Å²) in [4.78, 5) is 7.78. The summed E-state index contributed by atoms with van der Waals surface area (Å²) in [6, 6.07) is 17.5. The fourth-order valence-corrected chi connectivity index (χ4v) is 6.46. The molecule has 0 N–H and O–H groups in total. The number of pyridine rings is 1. The van der Waals surface area contributed by atoms with Gasteiger partial charge in [-0.15, -0.1) is 6.58 Å². The minimum atomic E-state index is 0.139. The Morgan fingerprint density at radius 3 is 2.73 bits per heavy atom. The summed E-state index contributed by atoms with van der Waals surface area (Å²) in [7, 11) is 3.40. The normalized spacial score (nSPS) is 23.6. The van der Waals surface area contributed by atoms with Gasteiger partial charge in [0.05, 0.1) is 12.6 Å². The van der Waals surface area contributed by atoms with Gasteiger partial charge in [-0.3, -0.25) is 9.88 Å². The van der Waals surface area contributed by atoms with E-state index in [-0.39, 0.29) is 12.7 Å². The summed E-state index contributed by atoms with van der Waals surface area (Å²) >= 11 is 0. The smallest absolute Gasteiger partial charge is 0.188 e. The molecular formula is C32H40N2O3. The van der Waals surface area contributed by atoms with E-state index in [1.807, 2.05) is 12.1 Å². The summed E-state index contributed by atoms with van der Waals surface area (Å²) in [6.07, 6.45) is 7.83. The van der Waals surface area contributed by atoms with Crippen LogP contribution in [0.5, 0.6) is 11.5 Å². The van der Waals surface area contributed by atoms with Gasteiger partial charge in [0.15, 0.2) is 6.79 Å². The maximum atomic E-state index is 6.16. The van der Waals surface area contributed by atoms with Gasteiger partial charge < -0.3 is 14.2 Å². The minimum Gasteiger partial charge on any atom is -0.497 e. The third-order valence-electron chi connectivity index (χ3n) is 8.35. The average Bonchev–Trinajstić information content (AvgIpc) is 2.95. The molecule has 5 heteroatoms. The molecule has 0 saturated carbocycles. The van der Waals surface area contributed by atoms with Gasteiger partial charge in [-0.1, -0.05) is 37.6 Å². The molecule has 6 rings (SSSR count). The third kappa shape index (κ3) is 5.25. The highest BCUT2D eigenvalue weighted by molar-refractivity contribution is 5.85. The lowest BCUT2D eigenvalue weighted by molar-refractivity contribution is 0.0107. The second-order valence-electron chi connectivity index (χ2n) is 10.5. The van der Waals surface area contributed by atoms with Crippen LogP contribution in [-0.2, 0) is 11.2 Å². The van der Waals surface area contributed by atoms with Crippen molar-refractivity contribution in [3.63, 3.8) is 0 Å². The largest absolute Gasteiger partial charge is 0.497 e. The van der Waals surface area contributed by atoms with Crippen LogP contribution in [0, 0.1) is 11.8 Å². The van der Waals surface area contributed by atoms with Crippen molar-refractivity contribution in [3.05, 3.63) is 78.0 Å². The molecule has 5 nitrogen and oxygen atoms in total. The Labute approximate surface area is 221 Å². The first kappa shape index (κ1) is 25.7. The van der Waals surface area contributed by atoms with Crippen molar-refractivity contribution in [1.29, 1.82) is 0 Å². The van der Waals surface area contributed by atoms with E-state index in [0.717, 1.165) is 66.9 Å². The van der Waals surface area contributed by atoms with Crippen LogP contribution in [0.3, 0.4) is 0 Å². The van der Waals surface area contributed by atoms with Crippen LogP contribution in [0.4, 0.5) is 0 Å². The summed E-state index contributed by atoms with van der Waals surface area (Å²) < 4.78 is 17.1. The Morgan fingerprint density at radius 2 is 2.00 bits per heavy atom. The van der Waals surface area contributed by atoms with E-state index in [1.54, 1.807) is 14.2 Å². The molecule has 0 aliphatic carbocycles. The Hall–Kier alpha value is -2.89. The summed E-state index contributed by atoms with van der Waals surface area (Å²) in [5, 5.41) is 1.16. The number of unbranched alkanes of at least 4 members (excludes halogenated alkanes) is 1. The van der Waals surface area contributed by atoms with Crippen molar-refractivity contribution in [3.8, 4) is 11.5 Å². The molecule has 4 heterocycles. The summed E-state index contributed by atoms with van der Waals surface area (Å²) in [5.41, 5.74) is 4.72. The Balaban J connectivity index is 1.71. The van der Waals surface area contributed by atoms with E-state index in [4.69, 9.17) is 19.2 Å². The van der Waals surface area contributed by atoms with Gasteiger partial charge in [0, 0.05) is 42.3 Å². The molecule has 1 aromatic heterocycles. The number of hydrogen-bond donors (Lipinski definition) is 0. The highest BCUT2D eigenvalue weighted by Crippen LogP contribution is 2.47. The van der Waals surface area contributed by atoms with Crippen molar-refractivity contribution in [2.24, 2.45) is 11.8 Å². The van der Waals surface area contributed by atoms with Crippen LogP contribution in [0.2, 0.25) is 0 Å². The lowest BCUT2D eigenvalue weighted by atomic mass is 9.69. The van der Waals surface area contributed by atoms with E-state index in [2.05, 4.69) is 60.9 Å². The number of ether oxygens (including phenoxy) is 3. The minimum absolute atomic E-state index is 0.139. The molecule has 5 atom stereocenters. The molecule has 2 aromatic carbocycles. The summed E-state index contributed by atoms with van der Waals surface area (Å²) in [6.45, 7) is 8.83. The number of para-hydroxylation sites is 1. The third-order valence-corrected chi connectivity index (χ3v) is 8.35. The SMILES string of the molecule is C=CC1CN2CCC1C[C@H]2[C@@H](c1ccccc1OCOC)c1cc(CCCC)nc2ccc(OC)cc12. The molecule has 0 radical (unpaired) electrons. The zero-order valence-electron chi connectivity index (χ0n) is 22.5. The lowest BCUT2D eigenvalue weighted by Gasteiger charge is -2.52. The van der Waals surface area contributed by atoms with Crippen molar-refractivity contribution < 1.29 is 14.2 Å². The maximum absolute atomic E-state index is 6.16. The number of aromatic nitrogens is 1. The van der Waals surface area contributed by atoms with Gasteiger partial charge >= 0.3 is 0 Å². The van der Waals surface area contributed by atoms with E-state index < -0.39 is 0 Å². The van der Waals surface area contributed by atoms with E-state index in [0.29, 0.717) is 17.9 Å². The first-order valence-corrected chi connectivity index (χ1v) is 13.7. The van der Waals surface area contributed by atoms with Crippen LogP contribution in [0.1, 0.15) is 55.3 Å². The van der Waals surface area contributed by atoms with Gasteiger partial charge in [-0.05, 0) is 80.0 Å². The topological polar surface area (TPSA) is 43.8 Å². The molecule has 3 fully saturated rings. The van der Waals surface area contributed by atoms with Crippen LogP contribution >= 0.6 is 0 Å².